The standard InChI is InChI=1S/C15H17NO/c1-11(17)8-13-10-14(16(2)3)9-12-6-4-5-7-15(12)13/h4-7,9-10H,8H2,1-3H3. The number of rotatable bonds is 3. The molecule has 0 N–H and O–H groups in total. The van der Waals surface area contributed by atoms with Crippen molar-refractivity contribution in [1.29, 1.82) is 0 Å². The number of Topliss-reactive ketones (excluding diaryl/α,β-unsaturated/α-hetero) is 1. The molecule has 0 aromatic heterocycles. The Morgan fingerprint density at radius 1 is 1.18 bits per heavy atom. The molecule has 2 rings (SSSR count). The van der Waals surface area contributed by atoms with Gasteiger partial charge >= 0.3 is 0 Å². The molecule has 0 fully saturated rings. The summed E-state index contributed by atoms with van der Waals surface area (Å²) in [6.07, 6.45) is 0.502. The van der Waals surface area contributed by atoms with Crippen molar-refractivity contribution in [2.24, 2.45) is 0 Å². The van der Waals surface area contributed by atoms with E-state index in [1.807, 2.05) is 26.2 Å². The van der Waals surface area contributed by atoms with Crippen LogP contribution in [0.4, 0.5) is 5.69 Å². The van der Waals surface area contributed by atoms with Crippen molar-refractivity contribution in [2.45, 2.75) is 13.3 Å². The highest BCUT2D eigenvalue weighted by molar-refractivity contribution is 5.92. The molecule has 0 aliphatic carbocycles. The van der Waals surface area contributed by atoms with Crippen molar-refractivity contribution in [2.75, 3.05) is 19.0 Å². The molecular formula is C15H17NO. The molecule has 0 spiro atoms. The number of anilines is 1. The highest BCUT2D eigenvalue weighted by atomic mass is 16.1. The second-order valence-electron chi connectivity index (χ2n) is 4.60. The van der Waals surface area contributed by atoms with Gasteiger partial charge in [-0.1, -0.05) is 24.3 Å². The van der Waals surface area contributed by atoms with Crippen LogP contribution in [-0.4, -0.2) is 19.9 Å². The van der Waals surface area contributed by atoms with Crippen LogP contribution >= 0.6 is 0 Å². The van der Waals surface area contributed by atoms with Gasteiger partial charge in [0.1, 0.15) is 5.78 Å². The molecule has 0 heterocycles. The molecule has 0 aliphatic rings. The van der Waals surface area contributed by atoms with Gasteiger partial charge in [0.25, 0.3) is 0 Å². The van der Waals surface area contributed by atoms with Crippen LogP contribution in [0, 0.1) is 0 Å². The van der Waals surface area contributed by atoms with Gasteiger partial charge < -0.3 is 4.90 Å². The van der Waals surface area contributed by atoms with Gasteiger partial charge in [0.05, 0.1) is 0 Å². The molecule has 17 heavy (non-hydrogen) atoms. The van der Waals surface area contributed by atoms with E-state index in [1.54, 1.807) is 6.92 Å². The number of benzene rings is 2. The third kappa shape index (κ3) is 2.47. The van der Waals surface area contributed by atoms with Crippen LogP contribution in [0.2, 0.25) is 0 Å². The van der Waals surface area contributed by atoms with Crippen LogP contribution < -0.4 is 4.90 Å². The van der Waals surface area contributed by atoms with Gasteiger partial charge in [-0.15, -0.1) is 0 Å². The highest BCUT2D eigenvalue weighted by Crippen LogP contribution is 2.25. The molecule has 0 bridgehead atoms. The summed E-state index contributed by atoms with van der Waals surface area (Å²) in [5.41, 5.74) is 2.25. The first kappa shape index (κ1) is 11.6. The Hall–Kier alpha value is -1.83. The average molecular weight is 227 g/mol. The number of hydrogen-bond donors (Lipinski definition) is 0. The Kier molecular flexibility index (Phi) is 3.14. The Labute approximate surface area is 102 Å². The van der Waals surface area contributed by atoms with E-state index in [9.17, 15) is 4.79 Å². The summed E-state index contributed by atoms with van der Waals surface area (Å²) in [5.74, 6) is 0.200. The molecule has 2 nitrogen and oxygen atoms in total. The van der Waals surface area contributed by atoms with Gasteiger partial charge in [-0.3, -0.25) is 4.79 Å². The van der Waals surface area contributed by atoms with Crippen molar-refractivity contribution in [3.05, 3.63) is 42.0 Å². The highest BCUT2D eigenvalue weighted by Gasteiger charge is 2.07. The molecule has 0 aliphatic heterocycles. The molecule has 2 aromatic rings. The molecule has 0 radical (unpaired) electrons. The van der Waals surface area contributed by atoms with Crippen LogP contribution in [0.25, 0.3) is 10.8 Å². The summed E-state index contributed by atoms with van der Waals surface area (Å²) >= 11 is 0. The zero-order valence-electron chi connectivity index (χ0n) is 10.5. The molecular weight excluding hydrogens is 210 g/mol. The first-order chi connectivity index (χ1) is 8.08. The average Bonchev–Trinajstić information content (AvgIpc) is 2.28. The van der Waals surface area contributed by atoms with Crippen LogP contribution in [0.5, 0.6) is 0 Å². The Morgan fingerprint density at radius 2 is 1.88 bits per heavy atom. The predicted molar refractivity (Wildman–Crippen MR) is 72.7 cm³/mol. The van der Waals surface area contributed by atoms with E-state index in [0.717, 1.165) is 11.3 Å². The van der Waals surface area contributed by atoms with E-state index in [0.29, 0.717) is 6.42 Å². The number of nitrogens with zero attached hydrogens (tertiary/aromatic N) is 1. The van der Waals surface area contributed by atoms with E-state index in [1.165, 1.54) is 10.8 Å². The normalized spacial score (nSPS) is 10.5. The topological polar surface area (TPSA) is 20.3 Å². The smallest absolute Gasteiger partial charge is 0.134 e. The van der Waals surface area contributed by atoms with Gasteiger partial charge in [0.2, 0.25) is 0 Å². The molecule has 0 unspecified atom stereocenters. The van der Waals surface area contributed by atoms with Gasteiger partial charge in [-0.05, 0) is 35.4 Å². The molecule has 0 atom stereocenters. The quantitative estimate of drug-likeness (QED) is 0.803. The van der Waals surface area contributed by atoms with E-state index in [4.69, 9.17) is 0 Å². The third-order valence-corrected chi connectivity index (χ3v) is 2.89. The van der Waals surface area contributed by atoms with E-state index in [2.05, 4.69) is 29.2 Å². The second-order valence-corrected chi connectivity index (χ2v) is 4.60. The van der Waals surface area contributed by atoms with E-state index in [-0.39, 0.29) is 5.78 Å². The molecule has 2 heteroatoms. The lowest BCUT2D eigenvalue weighted by Crippen LogP contribution is -2.09. The minimum absolute atomic E-state index is 0.200. The minimum Gasteiger partial charge on any atom is -0.378 e. The number of carbonyl (C=O) groups is 1. The lowest BCUT2D eigenvalue weighted by molar-refractivity contribution is -0.116. The fraction of sp³-hybridized carbons (Fsp3) is 0.267. The molecule has 0 saturated carbocycles. The predicted octanol–water partition coefficient (Wildman–Crippen LogP) is 3.04. The zero-order chi connectivity index (χ0) is 12.4. The van der Waals surface area contributed by atoms with Gasteiger partial charge in [-0.2, -0.15) is 0 Å². The number of ketones is 1. The maximum Gasteiger partial charge on any atom is 0.134 e. The number of fused-ring (bicyclic) bond motifs is 1. The molecule has 88 valence electrons. The molecule has 2 aromatic carbocycles. The fourth-order valence-corrected chi connectivity index (χ4v) is 2.05. The first-order valence-electron chi connectivity index (χ1n) is 5.76. The van der Waals surface area contributed by atoms with Crippen LogP contribution in [0.1, 0.15) is 12.5 Å². The monoisotopic (exact) mass is 227 g/mol. The van der Waals surface area contributed by atoms with E-state index < -0.39 is 0 Å². The summed E-state index contributed by atoms with van der Waals surface area (Å²) in [4.78, 5) is 13.4. The van der Waals surface area contributed by atoms with Crippen molar-refractivity contribution >= 4 is 22.2 Å². The lowest BCUT2D eigenvalue weighted by Gasteiger charge is -2.16. The van der Waals surface area contributed by atoms with Crippen molar-refractivity contribution in [3.63, 3.8) is 0 Å². The van der Waals surface area contributed by atoms with Gasteiger partial charge in [0, 0.05) is 26.2 Å². The van der Waals surface area contributed by atoms with Crippen LogP contribution in [-0.2, 0) is 11.2 Å². The van der Waals surface area contributed by atoms with Crippen LogP contribution in [0.3, 0.4) is 0 Å². The Morgan fingerprint density at radius 3 is 2.53 bits per heavy atom. The van der Waals surface area contributed by atoms with Crippen molar-refractivity contribution in [3.8, 4) is 0 Å². The lowest BCUT2D eigenvalue weighted by atomic mass is 9.99. The number of carbonyl (C=O) groups excluding carboxylic acids is 1. The summed E-state index contributed by atoms with van der Waals surface area (Å²) in [6, 6.07) is 12.5. The van der Waals surface area contributed by atoms with Crippen molar-refractivity contribution < 1.29 is 4.79 Å². The summed E-state index contributed by atoms with van der Waals surface area (Å²) in [5, 5.41) is 2.36. The minimum atomic E-state index is 0.200. The SMILES string of the molecule is CC(=O)Cc1cc(N(C)C)cc2ccccc12. The largest absolute Gasteiger partial charge is 0.378 e. The maximum atomic E-state index is 11.3. The summed E-state index contributed by atoms with van der Waals surface area (Å²) in [7, 11) is 4.03. The van der Waals surface area contributed by atoms with Gasteiger partial charge in [0.15, 0.2) is 0 Å². The summed E-state index contributed by atoms with van der Waals surface area (Å²) < 4.78 is 0. The third-order valence-electron chi connectivity index (χ3n) is 2.89. The van der Waals surface area contributed by atoms with Crippen molar-refractivity contribution in [1.82, 2.24) is 0 Å². The molecule has 0 saturated heterocycles. The first-order valence-corrected chi connectivity index (χ1v) is 5.76. The zero-order valence-corrected chi connectivity index (χ0v) is 10.5. The Bertz CT molecular complexity index is 558. The second kappa shape index (κ2) is 4.58. The summed E-state index contributed by atoms with van der Waals surface area (Å²) in [6.45, 7) is 1.64. The Balaban J connectivity index is 2.64. The maximum absolute atomic E-state index is 11.3. The fourth-order valence-electron chi connectivity index (χ4n) is 2.05. The molecule has 0 amide bonds. The van der Waals surface area contributed by atoms with Gasteiger partial charge in [-0.25, -0.2) is 0 Å². The van der Waals surface area contributed by atoms with E-state index >= 15 is 0 Å². The number of hydrogen-bond acceptors (Lipinski definition) is 2. The van der Waals surface area contributed by atoms with Crippen LogP contribution in [0.15, 0.2) is 36.4 Å².